The standard InChI is InChI=1S/C15H23NO4S/c1-19-13-8-12(7-11-5-4-6-16-10-11)15(20-2)14(9-13)21(3,17)18/h8-9,11,16H,4-7,10H2,1-3H3. The minimum Gasteiger partial charge on any atom is -0.497 e. The van der Waals surface area contributed by atoms with Gasteiger partial charge in [0.1, 0.15) is 16.4 Å². The number of ether oxygens (including phenoxy) is 2. The van der Waals surface area contributed by atoms with Crippen LogP contribution in [0, 0.1) is 5.92 Å². The average Bonchev–Trinajstić information content (AvgIpc) is 2.46. The zero-order valence-corrected chi connectivity index (χ0v) is 13.6. The summed E-state index contributed by atoms with van der Waals surface area (Å²) in [7, 11) is -0.308. The van der Waals surface area contributed by atoms with Gasteiger partial charge in [0, 0.05) is 12.3 Å². The van der Waals surface area contributed by atoms with E-state index in [-0.39, 0.29) is 4.90 Å². The number of hydrogen-bond acceptors (Lipinski definition) is 5. The summed E-state index contributed by atoms with van der Waals surface area (Å²) < 4.78 is 34.6. The normalized spacial score (nSPS) is 19.3. The van der Waals surface area contributed by atoms with E-state index in [9.17, 15) is 8.42 Å². The lowest BCUT2D eigenvalue weighted by Crippen LogP contribution is -2.31. The van der Waals surface area contributed by atoms with E-state index >= 15 is 0 Å². The lowest BCUT2D eigenvalue weighted by Gasteiger charge is -2.24. The van der Waals surface area contributed by atoms with Gasteiger partial charge in [-0.15, -0.1) is 0 Å². The van der Waals surface area contributed by atoms with Crippen molar-refractivity contribution in [3.8, 4) is 11.5 Å². The van der Waals surface area contributed by atoms with E-state index in [1.165, 1.54) is 19.4 Å². The number of sulfone groups is 1. The molecule has 2 rings (SSSR count). The highest BCUT2D eigenvalue weighted by molar-refractivity contribution is 7.90. The van der Waals surface area contributed by atoms with Crippen LogP contribution < -0.4 is 14.8 Å². The summed E-state index contributed by atoms with van der Waals surface area (Å²) in [5.41, 5.74) is 0.894. The summed E-state index contributed by atoms with van der Waals surface area (Å²) in [6, 6.07) is 3.40. The van der Waals surface area contributed by atoms with Crippen molar-refractivity contribution in [3.05, 3.63) is 17.7 Å². The van der Waals surface area contributed by atoms with E-state index in [4.69, 9.17) is 9.47 Å². The molecule has 0 saturated carbocycles. The number of rotatable bonds is 5. The molecule has 1 aliphatic heterocycles. The SMILES string of the molecule is COc1cc(CC2CCCNC2)c(OC)c(S(C)(=O)=O)c1. The second kappa shape index (κ2) is 6.66. The van der Waals surface area contributed by atoms with Crippen molar-refractivity contribution in [2.24, 2.45) is 5.92 Å². The zero-order chi connectivity index (χ0) is 15.5. The molecule has 1 aliphatic rings. The first-order valence-corrected chi connectivity index (χ1v) is 9.00. The molecule has 0 bridgehead atoms. The van der Waals surface area contributed by atoms with Crippen molar-refractivity contribution in [3.63, 3.8) is 0 Å². The third kappa shape index (κ3) is 3.89. The molecule has 0 aliphatic carbocycles. The molecule has 1 heterocycles. The van der Waals surface area contributed by atoms with Crippen LogP contribution in [0.15, 0.2) is 17.0 Å². The molecule has 0 aromatic heterocycles. The molecule has 1 aromatic carbocycles. The first-order valence-electron chi connectivity index (χ1n) is 7.11. The molecule has 118 valence electrons. The largest absolute Gasteiger partial charge is 0.497 e. The van der Waals surface area contributed by atoms with Crippen LogP contribution in [0.5, 0.6) is 11.5 Å². The molecule has 0 spiro atoms. The monoisotopic (exact) mass is 313 g/mol. The number of methoxy groups -OCH3 is 2. The van der Waals surface area contributed by atoms with Crippen LogP contribution >= 0.6 is 0 Å². The van der Waals surface area contributed by atoms with Crippen molar-refractivity contribution in [1.82, 2.24) is 5.32 Å². The average molecular weight is 313 g/mol. The third-order valence-electron chi connectivity index (χ3n) is 3.85. The molecule has 1 saturated heterocycles. The number of nitrogens with one attached hydrogen (secondary N) is 1. The smallest absolute Gasteiger partial charge is 0.179 e. The van der Waals surface area contributed by atoms with E-state index < -0.39 is 9.84 Å². The Bertz CT molecular complexity index is 592. The Labute approximate surface area is 126 Å². The van der Waals surface area contributed by atoms with Crippen molar-refractivity contribution in [2.75, 3.05) is 33.6 Å². The topological polar surface area (TPSA) is 64.6 Å². The Morgan fingerprint density at radius 1 is 1.29 bits per heavy atom. The maximum absolute atomic E-state index is 12.0. The maximum Gasteiger partial charge on any atom is 0.179 e. The second-order valence-electron chi connectivity index (χ2n) is 5.51. The van der Waals surface area contributed by atoms with Crippen LogP contribution in [0.3, 0.4) is 0 Å². The van der Waals surface area contributed by atoms with Crippen LogP contribution in [0.4, 0.5) is 0 Å². The van der Waals surface area contributed by atoms with Gasteiger partial charge in [0.15, 0.2) is 9.84 Å². The van der Waals surface area contributed by atoms with Crippen molar-refractivity contribution in [1.29, 1.82) is 0 Å². The second-order valence-corrected chi connectivity index (χ2v) is 7.49. The predicted molar refractivity (Wildman–Crippen MR) is 82.0 cm³/mol. The summed E-state index contributed by atoms with van der Waals surface area (Å²) in [4.78, 5) is 0.197. The van der Waals surface area contributed by atoms with Crippen molar-refractivity contribution in [2.45, 2.75) is 24.2 Å². The summed E-state index contributed by atoms with van der Waals surface area (Å²) in [6.45, 7) is 2.01. The van der Waals surface area contributed by atoms with Gasteiger partial charge in [-0.3, -0.25) is 0 Å². The fraction of sp³-hybridized carbons (Fsp3) is 0.600. The van der Waals surface area contributed by atoms with Gasteiger partial charge in [-0.1, -0.05) is 0 Å². The van der Waals surface area contributed by atoms with Crippen molar-refractivity contribution >= 4 is 9.84 Å². The fourth-order valence-electron chi connectivity index (χ4n) is 2.82. The first-order chi connectivity index (χ1) is 9.95. The molecule has 0 amide bonds. The molecule has 5 nitrogen and oxygen atoms in total. The molecule has 1 unspecified atom stereocenters. The van der Waals surface area contributed by atoms with E-state index in [2.05, 4.69) is 5.32 Å². The number of piperidine rings is 1. The predicted octanol–water partition coefficient (Wildman–Crippen LogP) is 1.65. The van der Waals surface area contributed by atoms with Crippen LogP contribution in [-0.2, 0) is 16.3 Å². The molecular formula is C15H23NO4S. The highest BCUT2D eigenvalue weighted by Gasteiger charge is 2.22. The van der Waals surface area contributed by atoms with Gasteiger partial charge >= 0.3 is 0 Å². The maximum atomic E-state index is 12.0. The van der Waals surface area contributed by atoms with E-state index in [0.717, 1.165) is 37.9 Å². The van der Waals surface area contributed by atoms with E-state index in [0.29, 0.717) is 17.4 Å². The Hall–Kier alpha value is -1.27. The van der Waals surface area contributed by atoms with Gasteiger partial charge in [0.05, 0.1) is 14.2 Å². The molecule has 1 aromatic rings. The molecular weight excluding hydrogens is 290 g/mol. The molecule has 21 heavy (non-hydrogen) atoms. The van der Waals surface area contributed by atoms with Gasteiger partial charge in [-0.25, -0.2) is 8.42 Å². The van der Waals surface area contributed by atoms with Crippen LogP contribution in [0.25, 0.3) is 0 Å². The highest BCUT2D eigenvalue weighted by Crippen LogP contribution is 2.35. The van der Waals surface area contributed by atoms with Crippen LogP contribution in [0.2, 0.25) is 0 Å². The molecule has 1 atom stereocenters. The molecule has 1 N–H and O–H groups in total. The molecule has 6 heteroatoms. The summed E-state index contributed by atoms with van der Waals surface area (Å²) in [5, 5.41) is 3.38. The van der Waals surface area contributed by atoms with E-state index in [1.54, 1.807) is 7.11 Å². The van der Waals surface area contributed by atoms with Crippen molar-refractivity contribution < 1.29 is 17.9 Å². The Balaban J connectivity index is 2.42. The fourth-order valence-corrected chi connectivity index (χ4v) is 3.70. The van der Waals surface area contributed by atoms with E-state index in [1.807, 2.05) is 6.07 Å². The summed E-state index contributed by atoms with van der Waals surface area (Å²) >= 11 is 0. The number of benzene rings is 1. The molecule has 0 radical (unpaired) electrons. The first kappa shape index (κ1) is 16.1. The van der Waals surface area contributed by atoms with Crippen LogP contribution in [0.1, 0.15) is 18.4 Å². The van der Waals surface area contributed by atoms with Gasteiger partial charge in [0.2, 0.25) is 0 Å². The number of hydrogen-bond donors (Lipinski definition) is 1. The van der Waals surface area contributed by atoms with Gasteiger partial charge < -0.3 is 14.8 Å². The minimum absolute atomic E-state index is 0.197. The minimum atomic E-state index is -3.36. The zero-order valence-electron chi connectivity index (χ0n) is 12.8. The van der Waals surface area contributed by atoms with Gasteiger partial charge in [-0.05, 0) is 49.9 Å². The van der Waals surface area contributed by atoms with Gasteiger partial charge in [-0.2, -0.15) is 0 Å². The quantitative estimate of drug-likeness (QED) is 0.895. The summed E-state index contributed by atoms with van der Waals surface area (Å²) in [6.07, 6.45) is 4.27. The highest BCUT2D eigenvalue weighted by atomic mass is 32.2. The Morgan fingerprint density at radius 2 is 2.05 bits per heavy atom. The Kier molecular flexibility index (Phi) is 5.11. The Morgan fingerprint density at radius 3 is 2.57 bits per heavy atom. The van der Waals surface area contributed by atoms with Gasteiger partial charge in [0.25, 0.3) is 0 Å². The third-order valence-corrected chi connectivity index (χ3v) is 4.95. The summed E-state index contributed by atoms with van der Waals surface area (Å²) in [5.74, 6) is 1.49. The van der Waals surface area contributed by atoms with Crippen LogP contribution in [-0.4, -0.2) is 42.0 Å². The lowest BCUT2D eigenvalue weighted by atomic mass is 9.92. The lowest BCUT2D eigenvalue weighted by molar-refractivity contribution is 0.357. The molecule has 1 fully saturated rings.